The van der Waals surface area contributed by atoms with Gasteiger partial charge in [0.15, 0.2) is 0 Å². The van der Waals surface area contributed by atoms with Gasteiger partial charge in [0.05, 0.1) is 13.2 Å². The summed E-state index contributed by atoms with van der Waals surface area (Å²) in [5.41, 5.74) is 5.83. The van der Waals surface area contributed by atoms with E-state index in [1.807, 2.05) is 23.5 Å². The van der Waals surface area contributed by atoms with Gasteiger partial charge in [0.2, 0.25) is 0 Å². The van der Waals surface area contributed by atoms with Gasteiger partial charge in [0.1, 0.15) is 0 Å². The molecule has 2 aliphatic heterocycles. The van der Waals surface area contributed by atoms with Crippen LogP contribution in [-0.2, 0) is 4.74 Å². The molecular weight excluding hydrogens is 382 g/mol. The third-order valence-electron chi connectivity index (χ3n) is 4.63. The second-order valence-corrected chi connectivity index (χ2v) is 8.80. The highest BCUT2D eigenvalue weighted by molar-refractivity contribution is 8.07. The number of fused-ring (bicyclic) bond motifs is 3. The molecule has 2 heterocycles. The summed E-state index contributed by atoms with van der Waals surface area (Å²) in [5, 5.41) is 2.18. The van der Waals surface area contributed by atoms with Crippen LogP contribution < -0.4 is 0 Å². The van der Waals surface area contributed by atoms with E-state index in [1.165, 1.54) is 37.0 Å². The van der Waals surface area contributed by atoms with Gasteiger partial charge >= 0.3 is 0 Å². The molecule has 2 aliphatic carbocycles. The Bertz CT molecular complexity index is 797. The van der Waals surface area contributed by atoms with Crippen molar-refractivity contribution in [1.82, 2.24) is 4.90 Å². The highest BCUT2D eigenvalue weighted by atomic mass is 35.5. The summed E-state index contributed by atoms with van der Waals surface area (Å²) in [7, 11) is 4.16. The Labute approximate surface area is 170 Å². The predicted molar refractivity (Wildman–Crippen MR) is 118 cm³/mol. The molecule has 0 amide bonds. The first kappa shape index (κ1) is 19.8. The van der Waals surface area contributed by atoms with Crippen LogP contribution in [0.1, 0.15) is 12.8 Å². The Morgan fingerprint density at radius 3 is 2.81 bits per heavy atom. The van der Waals surface area contributed by atoms with Crippen molar-refractivity contribution in [2.75, 3.05) is 33.9 Å². The third-order valence-corrected chi connectivity index (χ3v) is 6.90. The van der Waals surface area contributed by atoms with E-state index in [1.54, 1.807) is 0 Å². The molecule has 138 valence electrons. The van der Waals surface area contributed by atoms with E-state index in [9.17, 15) is 0 Å². The van der Waals surface area contributed by atoms with Crippen molar-refractivity contribution in [3.63, 3.8) is 0 Å². The number of hydrogen-bond donors (Lipinski definition) is 0. The lowest BCUT2D eigenvalue weighted by Gasteiger charge is -2.21. The minimum Gasteiger partial charge on any atom is -0.375 e. The first-order chi connectivity index (χ1) is 12.2. The number of ether oxygens (including phenoxy) is 1. The Morgan fingerprint density at radius 2 is 1.96 bits per heavy atom. The first-order valence-corrected chi connectivity index (χ1v) is 10.4. The maximum Gasteiger partial charge on any atom is 0.0776 e. The summed E-state index contributed by atoms with van der Waals surface area (Å²) in [6.07, 6.45) is 15.6. The Kier molecular flexibility index (Phi) is 6.76. The van der Waals surface area contributed by atoms with Gasteiger partial charge in [-0.2, -0.15) is 0 Å². The molecular formula is C21H24ClNOS2. The van der Waals surface area contributed by atoms with Crippen molar-refractivity contribution in [3.8, 4) is 0 Å². The van der Waals surface area contributed by atoms with Crippen LogP contribution in [0.15, 0.2) is 78.9 Å². The Hall–Kier alpha value is -0.910. The average molecular weight is 406 g/mol. The zero-order valence-electron chi connectivity index (χ0n) is 15.2. The number of nitrogens with zero attached hydrogens (tertiary/aromatic N) is 1. The van der Waals surface area contributed by atoms with Crippen LogP contribution in [0.25, 0.3) is 0 Å². The standard InChI is InChI=1S/C21H23NOS2.ClH/c1-22(2)10-11-23-14-17-9-8-15-5-3-7-18-19(21(15)25-17)13-16-6-4-12-24-20(16)18;/h3-7,9,12H,8,10-11,13-14H2,1-2H3;1H. The minimum atomic E-state index is 0. The van der Waals surface area contributed by atoms with E-state index in [0.29, 0.717) is 0 Å². The molecule has 0 radical (unpaired) electrons. The number of likely N-dealkylation sites (N-methyl/N-ethyl adjacent to an activating group) is 1. The van der Waals surface area contributed by atoms with Gasteiger partial charge in [-0.1, -0.05) is 60.0 Å². The van der Waals surface area contributed by atoms with E-state index in [-0.39, 0.29) is 12.4 Å². The molecule has 2 nitrogen and oxygen atoms in total. The largest absolute Gasteiger partial charge is 0.375 e. The number of rotatable bonds is 5. The maximum atomic E-state index is 5.87. The molecule has 0 aromatic heterocycles. The molecule has 0 aromatic rings. The van der Waals surface area contributed by atoms with Crippen molar-refractivity contribution >= 4 is 35.9 Å². The van der Waals surface area contributed by atoms with Crippen LogP contribution in [0, 0.1) is 0 Å². The second-order valence-electron chi connectivity index (χ2n) is 6.75. The minimum absolute atomic E-state index is 0. The molecule has 0 saturated heterocycles. The molecule has 0 bridgehead atoms. The maximum absolute atomic E-state index is 5.87. The predicted octanol–water partition coefficient (Wildman–Crippen LogP) is 5.60. The molecule has 0 atom stereocenters. The van der Waals surface area contributed by atoms with Gasteiger partial charge in [0.25, 0.3) is 0 Å². The second kappa shape index (κ2) is 8.85. The molecule has 4 rings (SSSR count). The molecule has 26 heavy (non-hydrogen) atoms. The summed E-state index contributed by atoms with van der Waals surface area (Å²) in [6.45, 7) is 2.47. The number of halogens is 1. The van der Waals surface area contributed by atoms with Crippen LogP contribution in [-0.4, -0.2) is 38.8 Å². The van der Waals surface area contributed by atoms with Crippen molar-refractivity contribution in [3.05, 3.63) is 78.9 Å². The molecule has 0 N–H and O–H groups in total. The normalized spacial score (nSPS) is 20.8. The first-order valence-electron chi connectivity index (χ1n) is 8.70. The van der Waals surface area contributed by atoms with Gasteiger partial charge in [-0.05, 0) is 48.2 Å². The lowest BCUT2D eigenvalue weighted by atomic mass is 10.0. The lowest BCUT2D eigenvalue weighted by Crippen LogP contribution is -2.18. The molecule has 0 unspecified atom stereocenters. The molecule has 0 aromatic carbocycles. The molecule has 0 fully saturated rings. The zero-order chi connectivity index (χ0) is 17.2. The average Bonchev–Trinajstić information content (AvgIpc) is 2.88. The van der Waals surface area contributed by atoms with Crippen LogP contribution in [0.5, 0.6) is 0 Å². The van der Waals surface area contributed by atoms with Crippen LogP contribution in [0.3, 0.4) is 0 Å². The van der Waals surface area contributed by atoms with E-state index in [0.717, 1.165) is 32.6 Å². The highest BCUT2D eigenvalue weighted by Crippen LogP contribution is 2.52. The van der Waals surface area contributed by atoms with Crippen molar-refractivity contribution in [2.45, 2.75) is 12.8 Å². The van der Waals surface area contributed by atoms with Crippen molar-refractivity contribution < 1.29 is 4.74 Å². The fourth-order valence-electron chi connectivity index (χ4n) is 3.31. The quantitative estimate of drug-likeness (QED) is 0.551. The monoisotopic (exact) mass is 405 g/mol. The summed E-state index contributed by atoms with van der Waals surface area (Å²) >= 11 is 3.77. The molecule has 0 saturated carbocycles. The summed E-state index contributed by atoms with van der Waals surface area (Å²) in [4.78, 5) is 6.40. The number of hydrogen-bond acceptors (Lipinski definition) is 4. The van der Waals surface area contributed by atoms with Gasteiger partial charge < -0.3 is 9.64 Å². The smallest absolute Gasteiger partial charge is 0.0776 e. The topological polar surface area (TPSA) is 12.5 Å². The van der Waals surface area contributed by atoms with E-state index in [2.05, 4.69) is 60.9 Å². The fourth-order valence-corrected chi connectivity index (χ4v) is 5.38. The number of thioether (sulfide) groups is 2. The van der Waals surface area contributed by atoms with Gasteiger partial charge in [0, 0.05) is 27.7 Å². The molecule has 0 spiro atoms. The zero-order valence-corrected chi connectivity index (χ0v) is 17.6. The summed E-state index contributed by atoms with van der Waals surface area (Å²) < 4.78 is 5.87. The summed E-state index contributed by atoms with van der Waals surface area (Å²) in [5.74, 6) is 0. The number of allylic oxidation sites excluding steroid dienone is 10. The van der Waals surface area contributed by atoms with Crippen LogP contribution in [0.4, 0.5) is 0 Å². The van der Waals surface area contributed by atoms with Crippen LogP contribution >= 0.6 is 35.9 Å². The van der Waals surface area contributed by atoms with Crippen molar-refractivity contribution in [2.24, 2.45) is 0 Å². The SMILES string of the molecule is CN(C)CCOCC1=CCC2=CC=CC3=C4SC=CC=C4CC3=C2S1.Cl. The fraction of sp³-hybridized carbons (Fsp3) is 0.333. The third kappa shape index (κ3) is 4.15. The lowest BCUT2D eigenvalue weighted by molar-refractivity contribution is 0.140. The molecule has 4 aliphatic rings. The molecule has 5 heteroatoms. The van der Waals surface area contributed by atoms with Crippen LogP contribution in [0.2, 0.25) is 0 Å². The Morgan fingerprint density at radius 1 is 1.12 bits per heavy atom. The summed E-state index contributed by atoms with van der Waals surface area (Å²) in [6, 6.07) is 0. The Balaban J connectivity index is 0.00000196. The highest BCUT2D eigenvalue weighted by Gasteiger charge is 2.29. The van der Waals surface area contributed by atoms with Gasteiger partial charge in [-0.3, -0.25) is 0 Å². The van der Waals surface area contributed by atoms with E-state index < -0.39 is 0 Å². The van der Waals surface area contributed by atoms with Gasteiger partial charge in [-0.15, -0.1) is 12.4 Å². The van der Waals surface area contributed by atoms with Gasteiger partial charge in [-0.25, -0.2) is 0 Å². The van der Waals surface area contributed by atoms with E-state index in [4.69, 9.17) is 4.74 Å². The van der Waals surface area contributed by atoms with Crippen molar-refractivity contribution in [1.29, 1.82) is 0 Å². The van der Waals surface area contributed by atoms with E-state index >= 15 is 0 Å².